The van der Waals surface area contributed by atoms with Gasteiger partial charge in [0.05, 0.1) is 6.10 Å². The number of aliphatic hydroxyl groups is 1. The molecule has 4 nitrogen and oxygen atoms in total. The predicted molar refractivity (Wildman–Crippen MR) is 96.4 cm³/mol. The van der Waals surface area contributed by atoms with Gasteiger partial charge in [-0.15, -0.1) is 23.2 Å². The lowest BCUT2D eigenvalue weighted by molar-refractivity contribution is 0.279. The van der Waals surface area contributed by atoms with Crippen LogP contribution in [-0.4, -0.2) is 27.3 Å². The molecule has 2 aromatic rings. The Bertz CT molecular complexity index is 618. The molecule has 4 rings (SSSR count). The molecule has 0 radical (unpaired) electrons. The van der Waals surface area contributed by atoms with Gasteiger partial charge in [-0.3, -0.25) is 0 Å². The smallest absolute Gasteiger partial charge is 0.213 e. The summed E-state index contributed by atoms with van der Waals surface area (Å²) in [7, 11) is 0. The maximum absolute atomic E-state index is 12.1. The highest BCUT2D eigenvalue weighted by atomic mass is 35.5. The number of ether oxygens (including phenoxy) is 1. The predicted octanol–water partition coefficient (Wildman–Crippen LogP) is 4.46. The van der Waals surface area contributed by atoms with Gasteiger partial charge in [-0.1, -0.05) is 12.1 Å². The Hall–Kier alpha value is -1.43. The van der Waals surface area contributed by atoms with Crippen molar-refractivity contribution in [3.63, 3.8) is 0 Å². The van der Waals surface area contributed by atoms with E-state index in [9.17, 15) is 4.39 Å². The van der Waals surface area contributed by atoms with Gasteiger partial charge in [0.2, 0.25) is 11.8 Å². The SMILES string of the molecule is ClCc1ccc(OC2CC2)nc1.Fc1ccc(CCl)cn1.OC1CC1. The molecule has 0 saturated heterocycles. The Morgan fingerprint density at radius 3 is 1.88 bits per heavy atom. The van der Waals surface area contributed by atoms with Gasteiger partial charge in [-0.2, -0.15) is 4.39 Å². The van der Waals surface area contributed by atoms with Gasteiger partial charge >= 0.3 is 0 Å². The summed E-state index contributed by atoms with van der Waals surface area (Å²) in [5, 5.41) is 8.17. The molecule has 7 heteroatoms. The standard InChI is InChI=1S/C9H10ClNO.C6H5ClFN.C3H6O/c10-5-7-1-4-9(11-6-7)12-8-2-3-8;7-3-5-1-2-6(8)9-4-5;4-3-1-2-3/h1,4,6,8H,2-3,5H2;1-2,4H,3H2;3-4H,1-2H2. The number of pyridine rings is 2. The molecule has 2 aromatic heterocycles. The molecular formula is C18H21Cl2FN2O2. The summed E-state index contributed by atoms with van der Waals surface area (Å²) in [6.07, 6.45) is 8.09. The Kier molecular flexibility index (Phi) is 8.38. The van der Waals surface area contributed by atoms with Gasteiger partial charge in [0.25, 0.3) is 0 Å². The zero-order valence-corrected chi connectivity index (χ0v) is 15.3. The fourth-order valence-corrected chi connectivity index (χ4v) is 1.79. The third-order valence-electron chi connectivity index (χ3n) is 3.25. The highest BCUT2D eigenvalue weighted by Gasteiger charge is 2.23. The summed E-state index contributed by atoms with van der Waals surface area (Å²) in [6.45, 7) is 0. The number of nitrogens with zero attached hydrogens (tertiary/aromatic N) is 2. The van der Waals surface area contributed by atoms with E-state index in [-0.39, 0.29) is 6.10 Å². The van der Waals surface area contributed by atoms with Gasteiger partial charge in [-0.05, 0) is 42.9 Å². The van der Waals surface area contributed by atoms with Crippen molar-refractivity contribution in [2.75, 3.05) is 0 Å². The average molecular weight is 387 g/mol. The molecule has 2 heterocycles. The quantitative estimate of drug-likeness (QED) is 0.622. The van der Waals surface area contributed by atoms with E-state index in [1.54, 1.807) is 12.3 Å². The maximum Gasteiger partial charge on any atom is 0.213 e. The lowest BCUT2D eigenvalue weighted by atomic mass is 10.3. The van der Waals surface area contributed by atoms with Crippen LogP contribution < -0.4 is 4.74 Å². The van der Waals surface area contributed by atoms with Crippen LogP contribution in [0.25, 0.3) is 0 Å². The van der Waals surface area contributed by atoms with Gasteiger partial charge in [0.15, 0.2) is 0 Å². The minimum atomic E-state index is -0.469. The van der Waals surface area contributed by atoms with Crippen LogP contribution in [0.5, 0.6) is 5.88 Å². The highest BCUT2D eigenvalue weighted by Crippen LogP contribution is 2.25. The Morgan fingerprint density at radius 2 is 1.52 bits per heavy atom. The first kappa shape index (κ1) is 19.9. The van der Waals surface area contributed by atoms with E-state index in [0.29, 0.717) is 23.7 Å². The van der Waals surface area contributed by atoms with Crippen molar-refractivity contribution in [2.45, 2.75) is 49.7 Å². The van der Waals surface area contributed by atoms with Crippen LogP contribution in [-0.2, 0) is 11.8 Å². The zero-order chi connectivity index (χ0) is 18.1. The molecule has 1 N–H and O–H groups in total. The number of alkyl halides is 2. The van der Waals surface area contributed by atoms with E-state index < -0.39 is 5.95 Å². The van der Waals surface area contributed by atoms with E-state index >= 15 is 0 Å². The molecule has 0 aromatic carbocycles. The number of halogens is 3. The minimum absolute atomic E-state index is 0.0833. The molecule has 2 fully saturated rings. The van der Waals surface area contributed by atoms with Crippen molar-refractivity contribution >= 4 is 23.2 Å². The first-order chi connectivity index (χ1) is 12.1. The third kappa shape index (κ3) is 9.00. The first-order valence-corrected chi connectivity index (χ1v) is 9.19. The molecule has 2 saturated carbocycles. The number of aliphatic hydroxyl groups excluding tert-OH is 1. The second kappa shape index (κ2) is 10.5. The van der Waals surface area contributed by atoms with Gasteiger partial charge in [-0.25, -0.2) is 9.97 Å². The van der Waals surface area contributed by atoms with Gasteiger partial charge in [0, 0.05) is 30.2 Å². The van der Waals surface area contributed by atoms with Crippen LogP contribution in [0, 0.1) is 5.95 Å². The van der Waals surface area contributed by atoms with Crippen LogP contribution in [0.15, 0.2) is 36.7 Å². The molecular weight excluding hydrogens is 366 g/mol. The number of hydrogen-bond acceptors (Lipinski definition) is 4. The van der Waals surface area contributed by atoms with Gasteiger partial charge < -0.3 is 9.84 Å². The van der Waals surface area contributed by atoms with Crippen LogP contribution in [0.3, 0.4) is 0 Å². The fraction of sp³-hybridized carbons (Fsp3) is 0.444. The maximum atomic E-state index is 12.1. The average Bonchev–Trinajstić information content (AvgIpc) is 3.57. The molecule has 2 aliphatic carbocycles. The lowest BCUT2D eigenvalue weighted by Gasteiger charge is -2.02. The number of hydrogen-bond donors (Lipinski definition) is 1. The summed E-state index contributed by atoms with van der Waals surface area (Å²) in [5.41, 5.74) is 1.86. The summed E-state index contributed by atoms with van der Waals surface area (Å²) in [5.74, 6) is 1.14. The summed E-state index contributed by atoms with van der Waals surface area (Å²) < 4.78 is 17.5. The Morgan fingerprint density at radius 1 is 0.960 bits per heavy atom. The molecule has 25 heavy (non-hydrogen) atoms. The normalized spacial score (nSPS) is 15.4. The van der Waals surface area contributed by atoms with Crippen LogP contribution in [0.4, 0.5) is 4.39 Å². The largest absolute Gasteiger partial charge is 0.474 e. The third-order valence-corrected chi connectivity index (χ3v) is 3.87. The molecule has 0 amide bonds. The van der Waals surface area contributed by atoms with Crippen molar-refractivity contribution in [3.05, 3.63) is 53.7 Å². The number of rotatable bonds is 4. The molecule has 0 bridgehead atoms. The minimum Gasteiger partial charge on any atom is -0.474 e. The first-order valence-electron chi connectivity index (χ1n) is 8.12. The van der Waals surface area contributed by atoms with Gasteiger partial charge in [0.1, 0.15) is 6.10 Å². The second-order valence-electron chi connectivity index (χ2n) is 5.81. The Balaban J connectivity index is 0.000000152. The fourth-order valence-electron chi connectivity index (χ4n) is 1.48. The molecule has 0 atom stereocenters. The Labute approximate surface area is 157 Å². The summed E-state index contributed by atoms with van der Waals surface area (Å²) in [4.78, 5) is 7.52. The molecule has 136 valence electrons. The van der Waals surface area contributed by atoms with Crippen molar-refractivity contribution in [1.29, 1.82) is 0 Å². The monoisotopic (exact) mass is 386 g/mol. The van der Waals surface area contributed by atoms with E-state index in [1.165, 1.54) is 25.1 Å². The van der Waals surface area contributed by atoms with Crippen molar-refractivity contribution < 1.29 is 14.2 Å². The van der Waals surface area contributed by atoms with E-state index in [2.05, 4.69) is 9.97 Å². The van der Waals surface area contributed by atoms with Crippen molar-refractivity contribution in [2.24, 2.45) is 0 Å². The van der Waals surface area contributed by atoms with E-state index in [1.807, 2.05) is 12.1 Å². The van der Waals surface area contributed by atoms with Crippen LogP contribution in [0.1, 0.15) is 36.8 Å². The molecule has 0 aliphatic heterocycles. The molecule has 2 aliphatic rings. The number of aromatic nitrogens is 2. The molecule has 0 unspecified atom stereocenters. The summed E-state index contributed by atoms with van der Waals surface area (Å²) in [6, 6.07) is 6.71. The van der Waals surface area contributed by atoms with E-state index in [4.69, 9.17) is 33.0 Å². The molecule has 0 spiro atoms. The van der Waals surface area contributed by atoms with Crippen molar-refractivity contribution in [1.82, 2.24) is 9.97 Å². The van der Waals surface area contributed by atoms with E-state index in [0.717, 1.165) is 24.0 Å². The van der Waals surface area contributed by atoms with Crippen LogP contribution in [0.2, 0.25) is 0 Å². The van der Waals surface area contributed by atoms with Crippen LogP contribution >= 0.6 is 23.2 Å². The highest BCUT2D eigenvalue weighted by molar-refractivity contribution is 6.17. The lowest BCUT2D eigenvalue weighted by Crippen LogP contribution is -1.97. The van der Waals surface area contributed by atoms with Crippen molar-refractivity contribution in [3.8, 4) is 5.88 Å². The zero-order valence-electron chi connectivity index (χ0n) is 13.7. The second-order valence-corrected chi connectivity index (χ2v) is 6.34. The topological polar surface area (TPSA) is 55.2 Å². The summed E-state index contributed by atoms with van der Waals surface area (Å²) >= 11 is 11.0.